The van der Waals surface area contributed by atoms with E-state index in [2.05, 4.69) is 211 Å². The van der Waals surface area contributed by atoms with E-state index < -0.39 is 0 Å². The second-order valence-electron chi connectivity index (χ2n) is 15.2. The Morgan fingerprint density at radius 1 is 0.339 bits per heavy atom. The van der Waals surface area contributed by atoms with Gasteiger partial charge in [0.25, 0.3) is 0 Å². The van der Waals surface area contributed by atoms with Gasteiger partial charge < -0.3 is 9.32 Å². The number of hydrogen-bond donors (Lipinski definition) is 0. The molecule has 0 amide bonds. The average Bonchev–Trinajstić information content (AvgIpc) is 3.87. The van der Waals surface area contributed by atoms with Crippen molar-refractivity contribution in [3.8, 4) is 33.4 Å². The maximum atomic E-state index is 6.56. The van der Waals surface area contributed by atoms with E-state index in [0.29, 0.717) is 0 Å². The minimum Gasteiger partial charge on any atom is -0.456 e. The van der Waals surface area contributed by atoms with Gasteiger partial charge in [-0.25, -0.2) is 0 Å². The molecule has 0 bridgehead atoms. The SMILES string of the molecule is c1ccc(-c2cc(N(c3ccc4c(c3)oc3ccccc34)c3ccc4c(c3)sc3ccccc34)c(-c3ccccc3)cc2-c2cccc3ccc4ccccc4c23)cc1. The first kappa shape index (κ1) is 33.7. The fraction of sp³-hybridized carbons (Fsp3) is 0. The predicted octanol–water partition coefficient (Wildman–Crippen LogP) is 16.7. The molecule has 0 atom stereocenters. The summed E-state index contributed by atoms with van der Waals surface area (Å²) in [6.45, 7) is 0. The summed E-state index contributed by atoms with van der Waals surface area (Å²) in [5.74, 6) is 0. The molecule has 0 saturated carbocycles. The number of para-hydroxylation sites is 1. The van der Waals surface area contributed by atoms with Gasteiger partial charge in [-0.15, -0.1) is 11.3 Å². The van der Waals surface area contributed by atoms with Crippen molar-refractivity contribution in [2.45, 2.75) is 0 Å². The van der Waals surface area contributed by atoms with Crippen LogP contribution in [-0.2, 0) is 0 Å². The topological polar surface area (TPSA) is 16.4 Å². The molecule has 59 heavy (non-hydrogen) atoms. The van der Waals surface area contributed by atoms with Gasteiger partial charge in [0.05, 0.1) is 5.69 Å². The van der Waals surface area contributed by atoms with Crippen LogP contribution in [0.1, 0.15) is 0 Å². The van der Waals surface area contributed by atoms with Crippen LogP contribution < -0.4 is 4.90 Å². The summed E-state index contributed by atoms with van der Waals surface area (Å²) in [4.78, 5) is 2.44. The van der Waals surface area contributed by atoms with Gasteiger partial charge in [0.1, 0.15) is 11.2 Å². The van der Waals surface area contributed by atoms with Crippen LogP contribution in [0.5, 0.6) is 0 Å². The van der Waals surface area contributed by atoms with E-state index in [1.165, 1.54) is 58.4 Å². The van der Waals surface area contributed by atoms with Gasteiger partial charge in [0, 0.05) is 53.9 Å². The molecule has 10 aromatic carbocycles. The molecule has 276 valence electrons. The first-order valence-corrected chi connectivity index (χ1v) is 20.9. The minimum atomic E-state index is 0.862. The molecule has 0 unspecified atom stereocenters. The van der Waals surface area contributed by atoms with Gasteiger partial charge in [-0.2, -0.15) is 0 Å². The standard InChI is InChI=1S/C56H35NOS/c1-3-14-36(15-4-1)48-35-51(49(37-16-5-2-6-17-37)34-50(48)47-23-13-19-39-27-26-38-18-7-8-20-42(38)56(39)47)57(40-28-30-44-43-21-9-11-24-52(43)58-53(44)32-40)41-29-31-46-45-22-10-12-25-54(45)59-55(46)33-41/h1-35H. The summed E-state index contributed by atoms with van der Waals surface area (Å²) in [5.41, 5.74) is 12.0. The summed E-state index contributed by atoms with van der Waals surface area (Å²) in [6.07, 6.45) is 0. The maximum absolute atomic E-state index is 6.56. The minimum absolute atomic E-state index is 0.862. The Morgan fingerprint density at radius 3 is 1.78 bits per heavy atom. The van der Waals surface area contributed by atoms with Gasteiger partial charge in [0.15, 0.2) is 0 Å². The number of nitrogens with zero attached hydrogens (tertiary/aromatic N) is 1. The van der Waals surface area contributed by atoms with Crippen LogP contribution >= 0.6 is 11.3 Å². The third-order valence-electron chi connectivity index (χ3n) is 11.8. The van der Waals surface area contributed by atoms with Gasteiger partial charge in [-0.05, 0) is 97.9 Å². The molecule has 2 heterocycles. The van der Waals surface area contributed by atoms with Gasteiger partial charge in [-0.3, -0.25) is 0 Å². The van der Waals surface area contributed by atoms with Gasteiger partial charge in [-0.1, -0.05) is 158 Å². The Labute approximate surface area is 345 Å². The van der Waals surface area contributed by atoms with E-state index in [9.17, 15) is 0 Å². The number of furan rings is 1. The van der Waals surface area contributed by atoms with Crippen molar-refractivity contribution in [3.05, 3.63) is 212 Å². The average molecular weight is 770 g/mol. The molecule has 0 fully saturated rings. The van der Waals surface area contributed by atoms with Crippen LogP contribution in [0, 0.1) is 0 Å². The summed E-state index contributed by atoms with van der Waals surface area (Å²) in [5, 5.41) is 9.76. The van der Waals surface area contributed by atoms with E-state index in [0.717, 1.165) is 55.7 Å². The number of thiophene rings is 1. The number of fused-ring (bicyclic) bond motifs is 9. The molecule has 0 aliphatic rings. The zero-order valence-corrected chi connectivity index (χ0v) is 32.8. The molecule has 2 aromatic heterocycles. The zero-order valence-electron chi connectivity index (χ0n) is 32.0. The molecule has 3 heteroatoms. The molecular formula is C56H35NOS. The van der Waals surface area contributed by atoms with E-state index in [-0.39, 0.29) is 0 Å². The fourth-order valence-corrected chi connectivity index (χ4v) is 10.3. The first-order valence-electron chi connectivity index (χ1n) is 20.1. The smallest absolute Gasteiger partial charge is 0.137 e. The second-order valence-corrected chi connectivity index (χ2v) is 16.3. The summed E-state index contributed by atoms with van der Waals surface area (Å²) >= 11 is 1.85. The van der Waals surface area contributed by atoms with Crippen LogP contribution in [0.25, 0.3) is 97.0 Å². The van der Waals surface area contributed by atoms with Crippen molar-refractivity contribution < 1.29 is 4.42 Å². The highest BCUT2D eigenvalue weighted by atomic mass is 32.1. The molecule has 0 radical (unpaired) electrons. The number of hydrogen-bond acceptors (Lipinski definition) is 3. The normalized spacial score (nSPS) is 11.7. The quantitative estimate of drug-likeness (QED) is 0.157. The fourth-order valence-electron chi connectivity index (χ4n) is 9.12. The summed E-state index contributed by atoms with van der Waals surface area (Å²) in [6, 6.07) is 77.2. The maximum Gasteiger partial charge on any atom is 0.137 e. The van der Waals surface area contributed by atoms with Crippen LogP contribution in [0.4, 0.5) is 17.1 Å². The Balaban J connectivity index is 1.19. The van der Waals surface area contributed by atoms with Crippen molar-refractivity contribution in [1.29, 1.82) is 0 Å². The van der Waals surface area contributed by atoms with E-state index in [1.807, 2.05) is 17.4 Å². The van der Waals surface area contributed by atoms with Gasteiger partial charge in [0.2, 0.25) is 0 Å². The molecule has 0 aliphatic carbocycles. The number of rotatable bonds is 6. The highest BCUT2D eigenvalue weighted by Crippen LogP contribution is 2.50. The molecule has 0 saturated heterocycles. The monoisotopic (exact) mass is 769 g/mol. The predicted molar refractivity (Wildman–Crippen MR) is 253 cm³/mol. The van der Waals surface area contributed by atoms with Crippen LogP contribution in [-0.4, -0.2) is 0 Å². The molecule has 0 aliphatic heterocycles. The highest BCUT2D eigenvalue weighted by molar-refractivity contribution is 7.25. The van der Waals surface area contributed by atoms with Crippen molar-refractivity contribution >= 4 is 92.1 Å². The van der Waals surface area contributed by atoms with Crippen LogP contribution in [0.2, 0.25) is 0 Å². The molecule has 2 nitrogen and oxygen atoms in total. The number of anilines is 3. The van der Waals surface area contributed by atoms with Crippen LogP contribution in [0.15, 0.2) is 217 Å². The third kappa shape index (κ3) is 5.55. The summed E-state index contributed by atoms with van der Waals surface area (Å²) in [7, 11) is 0. The molecule has 12 rings (SSSR count). The molecule has 0 spiro atoms. The van der Waals surface area contributed by atoms with Gasteiger partial charge >= 0.3 is 0 Å². The number of benzene rings is 10. The van der Waals surface area contributed by atoms with Crippen molar-refractivity contribution in [2.24, 2.45) is 0 Å². The van der Waals surface area contributed by atoms with Crippen molar-refractivity contribution in [1.82, 2.24) is 0 Å². The Kier molecular flexibility index (Phi) is 7.75. The van der Waals surface area contributed by atoms with Crippen LogP contribution in [0.3, 0.4) is 0 Å². The third-order valence-corrected chi connectivity index (χ3v) is 13.0. The lowest BCUT2D eigenvalue weighted by Crippen LogP contribution is -2.12. The van der Waals surface area contributed by atoms with Crippen molar-refractivity contribution in [3.63, 3.8) is 0 Å². The second kappa shape index (κ2) is 13.6. The summed E-state index contributed by atoms with van der Waals surface area (Å²) < 4.78 is 9.10. The Morgan fingerprint density at radius 2 is 0.949 bits per heavy atom. The van der Waals surface area contributed by atoms with E-state index in [4.69, 9.17) is 4.42 Å². The highest BCUT2D eigenvalue weighted by Gasteiger charge is 2.24. The Hall–Kier alpha value is -7.46. The molecule has 0 N–H and O–H groups in total. The Bertz CT molecular complexity index is 3450. The largest absolute Gasteiger partial charge is 0.456 e. The molecular weight excluding hydrogens is 735 g/mol. The first-order chi connectivity index (χ1) is 29.2. The lowest BCUT2D eigenvalue weighted by atomic mass is 9.86. The van der Waals surface area contributed by atoms with E-state index in [1.54, 1.807) is 0 Å². The zero-order chi connectivity index (χ0) is 38.9. The van der Waals surface area contributed by atoms with Crippen molar-refractivity contribution in [2.75, 3.05) is 4.90 Å². The lowest BCUT2D eigenvalue weighted by molar-refractivity contribution is 0.669. The lowest BCUT2D eigenvalue weighted by Gasteiger charge is -2.30. The molecule has 12 aromatic rings. The van der Waals surface area contributed by atoms with E-state index >= 15 is 0 Å².